The molecule has 0 radical (unpaired) electrons. The number of sulfonamides is 1. The van der Waals surface area contributed by atoms with Gasteiger partial charge in [-0.25, -0.2) is 26.5 Å². The zero-order valence-electron chi connectivity index (χ0n) is 14.4. The lowest BCUT2D eigenvalue weighted by Crippen LogP contribution is -2.32. The summed E-state index contributed by atoms with van der Waals surface area (Å²) in [5.74, 6) is 0. The summed E-state index contributed by atoms with van der Waals surface area (Å²) in [4.78, 5) is 3.33. The predicted octanol–water partition coefficient (Wildman–Crippen LogP) is 1.40. The Morgan fingerprint density at radius 1 is 0.963 bits per heavy atom. The van der Waals surface area contributed by atoms with Crippen molar-refractivity contribution in [3.05, 3.63) is 72.8 Å². The maximum Gasteiger partial charge on any atom is 0.242 e. The number of sulfone groups is 1. The largest absolute Gasteiger partial charge is 0.251 e. The van der Waals surface area contributed by atoms with Gasteiger partial charge in [-0.2, -0.15) is 5.10 Å². The number of nitrogens with zero attached hydrogens (tertiary/aromatic N) is 3. The van der Waals surface area contributed by atoms with Crippen LogP contribution in [0.5, 0.6) is 0 Å². The molecule has 3 aromatic rings. The molecule has 1 heterocycles. The van der Waals surface area contributed by atoms with Crippen LogP contribution < -0.4 is 4.72 Å². The van der Waals surface area contributed by atoms with E-state index in [-0.39, 0.29) is 16.3 Å². The molecular formula is C17H18N4O4S2. The van der Waals surface area contributed by atoms with Crippen LogP contribution in [0.1, 0.15) is 11.6 Å². The molecule has 0 aliphatic heterocycles. The third-order valence-electron chi connectivity index (χ3n) is 3.87. The Labute approximate surface area is 157 Å². The van der Waals surface area contributed by atoms with Gasteiger partial charge in [0.05, 0.1) is 17.5 Å². The highest BCUT2D eigenvalue weighted by Gasteiger charge is 2.27. The second-order valence-electron chi connectivity index (χ2n) is 5.92. The van der Waals surface area contributed by atoms with Gasteiger partial charge in [-0.1, -0.05) is 42.5 Å². The van der Waals surface area contributed by atoms with Crippen LogP contribution in [0.2, 0.25) is 0 Å². The fraction of sp³-hybridized carbons (Fsp3) is 0.176. The van der Waals surface area contributed by atoms with Gasteiger partial charge in [0, 0.05) is 6.26 Å². The van der Waals surface area contributed by atoms with Gasteiger partial charge in [0.25, 0.3) is 0 Å². The average Bonchev–Trinajstić information content (AvgIpc) is 3.14. The van der Waals surface area contributed by atoms with Crippen molar-refractivity contribution in [2.75, 3.05) is 6.26 Å². The quantitative estimate of drug-likeness (QED) is 0.635. The molecule has 3 rings (SSSR count). The lowest BCUT2D eigenvalue weighted by molar-refractivity contribution is 0.481. The molecule has 0 amide bonds. The van der Waals surface area contributed by atoms with Gasteiger partial charge in [0.1, 0.15) is 17.6 Å². The van der Waals surface area contributed by atoms with Crippen LogP contribution in [-0.4, -0.2) is 37.9 Å². The van der Waals surface area contributed by atoms with Gasteiger partial charge in [-0.3, -0.25) is 4.68 Å². The number of rotatable bonds is 7. The molecule has 0 saturated heterocycles. The maximum absolute atomic E-state index is 13.0. The Balaban J connectivity index is 2.01. The highest BCUT2D eigenvalue weighted by Crippen LogP contribution is 2.24. The summed E-state index contributed by atoms with van der Waals surface area (Å²) < 4.78 is 54.1. The molecule has 1 unspecified atom stereocenters. The second-order valence-corrected chi connectivity index (χ2v) is 9.59. The van der Waals surface area contributed by atoms with Gasteiger partial charge < -0.3 is 0 Å². The first-order valence-electron chi connectivity index (χ1n) is 7.96. The Morgan fingerprint density at radius 2 is 1.59 bits per heavy atom. The van der Waals surface area contributed by atoms with Crippen molar-refractivity contribution < 1.29 is 16.8 Å². The minimum absolute atomic E-state index is 0.199. The first-order chi connectivity index (χ1) is 12.8. The molecular weight excluding hydrogens is 388 g/mol. The Hall–Kier alpha value is -2.56. The number of hydrogen-bond acceptors (Lipinski definition) is 6. The van der Waals surface area contributed by atoms with E-state index < -0.39 is 25.9 Å². The van der Waals surface area contributed by atoms with Crippen LogP contribution in [-0.2, 0) is 26.4 Å². The molecule has 0 aliphatic rings. The Morgan fingerprint density at radius 3 is 2.19 bits per heavy atom. The molecule has 2 aromatic carbocycles. The van der Waals surface area contributed by atoms with E-state index in [9.17, 15) is 16.8 Å². The number of hydrogen-bond donors (Lipinski definition) is 1. The lowest BCUT2D eigenvalue weighted by Gasteiger charge is -2.20. The normalized spacial score (nSPS) is 13.4. The summed E-state index contributed by atoms with van der Waals surface area (Å²) in [6.07, 6.45) is 3.82. The smallest absolute Gasteiger partial charge is 0.242 e. The lowest BCUT2D eigenvalue weighted by atomic mass is 10.1. The summed E-state index contributed by atoms with van der Waals surface area (Å²) in [7, 11) is -7.83. The van der Waals surface area contributed by atoms with Crippen molar-refractivity contribution in [3.63, 3.8) is 0 Å². The summed E-state index contributed by atoms with van der Waals surface area (Å²) >= 11 is 0. The molecule has 0 fully saturated rings. The Kier molecular flexibility index (Phi) is 5.40. The molecule has 0 aliphatic carbocycles. The molecule has 27 heavy (non-hydrogen) atoms. The first-order valence-corrected chi connectivity index (χ1v) is 11.3. The molecule has 0 spiro atoms. The van der Waals surface area contributed by atoms with Crippen LogP contribution in [0.3, 0.4) is 0 Å². The molecule has 0 bridgehead atoms. The van der Waals surface area contributed by atoms with Crippen molar-refractivity contribution in [3.8, 4) is 0 Å². The van der Waals surface area contributed by atoms with Gasteiger partial charge in [0.15, 0.2) is 9.84 Å². The van der Waals surface area contributed by atoms with E-state index in [2.05, 4.69) is 14.8 Å². The van der Waals surface area contributed by atoms with Crippen LogP contribution in [0.4, 0.5) is 0 Å². The van der Waals surface area contributed by atoms with Crippen LogP contribution in [0.25, 0.3) is 0 Å². The predicted molar refractivity (Wildman–Crippen MR) is 99.1 cm³/mol. The standard InChI is InChI=1S/C17H18N4O4S2/c1-26(22,23)16-9-5-6-10-17(16)27(24,25)20-15(11-21-13-18-12-19-21)14-7-3-2-4-8-14/h2-10,12-13,15,20H,11H2,1H3. The Bertz CT molecular complexity index is 1110. The van der Waals surface area contributed by atoms with Crippen LogP contribution in [0.15, 0.2) is 77.0 Å². The van der Waals surface area contributed by atoms with Crippen LogP contribution >= 0.6 is 0 Å². The topological polar surface area (TPSA) is 111 Å². The highest BCUT2D eigenvalue weighted by molar-refractivity contribution is 7.93. The first kappa shape index (κ1) is 19.2. The van der Waals surface area contributed by atoms with E-state index in [1.165, 1.54) is 41.6 Å². The minimum Gasteiger partial charge on any atom is -0.251 e. The fourth-order valence-corrected chi connectivity index (χ4v) is 5.48. The summed E-state index contributed by atoms with van der Waals surface area (Å²) in [6, 6.07) is 13.8. The molecule has 8 nitrogen and oxygen atoms in total. The van der Waals surface area contributed by atoms with E-state index in [0.717, 1.165) is 6.26 Å². The second kappa shape index (κ2) is 7.59. The van der Waals surface area contributed by atoms with Crippen molar-refractivity contribution in [1.82, 2.24) is 19.5 Å². The average molecular weight is 406 g/mol. The number of aromatic nitrogens is 3. The molecule has 142 valence electrons. The summed E-state index contributed by atoms with van der Waals surface area (Å²) in [5.41, 5.74) is 0.716. The van der Waals surface area contributed by atoms with Crippen molar-refractivity contribution >= 4 is 19.9 Å². The molecule has 10 heteroatoms. The molecule has 1 atom stereocenters. The zero-order chi connectivity index (χ0) is 19.5. The van der Waals surface area contributed by atoms with Gasteiger partial charge in [-0.15, -0.1) is 0 Å². The summed E-state index contributed by atoms with van der Waals surface area (Å²) in [6.45, 7) is 0.199. The molecule has 1 N–H and O–H groups in total. The highest BCUT2D eigenvalue weighted by atomic mass is 32.2. The van der Waals surface area contributed by atoms with Crippen LogP contribution in [0, 0.1) is 0 Å². The summed E-state index contributed by atoms with van der Waals surface area (Å²) in [5, 5.41) is 4.02. The number of benzene rings is 2. The van der Waals surface area contributed by atoms with Crippen molar-refractivity contribution in [2.45, 2.75) is 22.4 Å². The minimum atomic E-state index is -4.12. The molecule has 0 saturated carbocycles. The van der Waals surface area contributed by atoms with Gasteiger partial charge in [0.2, 0.25) is 10.0 Å². The third kappa shape index (κ3) is 4.59. The third-order valence-corrected chi connectivity index (χ3v) is 6.69. The molecule has 1 aromatic heterocycles. The van der Waals surface area contributed by atoms with E-state index in [4.69, 9.17) is 0 Å². The zero-order valence-corrected chi connectivity index (χ0v) is 16.1. The van der Waals surface area contributed by atoms with Crippen molar-refractivity contribution in [1.29, 1.82) is 0 Å². The number of nitrogens with one attached hydrogen (secondary N) is 1. The van der Waals surface area contributed by atoms with E-state index in [0.29, 0.717) is 5.56 Å². The van der Waals surface area contributed by atoms with E-state index in [1.807, 2.05) is 6.07 Å². The van der Waals surface area contributed by atoms with Gasteiger partial charge in [-0.05, 0) is 17.7 Å². The fourth-order valence-electron chi connectivity index (χ4n) is 2.64. The van der Waals surface area contributed by atoms with Gasteiger partial charge >= 0.3 is 0 Å². The van der Waals surface area contributed by atoms with E-state index in [1.54, 1.807) is 24.3 Å². The maximum atomic E-state index is 13.0. The van der Waals surface area contributed by atoms with E-state index >= 15 is 0 Å². The van der Waals surface area contributed by atoms with Crippen molar-refractivity contribution in [2.24, 2.45) is 0 Å². The monoisotopic (exact) mass is 406 g/mol. The SMILES string of the molecule is CS(=O)(=O)c1ccccc1S(=O)(=O)NC(Cn1cncn1)c1ccccc1.